The van der Waals surface area contributed by atoms with Gasteiger partial charge in [0.15, 0.2) is 0 Å². The molecule has 7 heteroatoms. The second kappa shape index (κ2) is 8.30. The largest absolute Gasteiger partial charge is 0.465 e. The van der Waals surface area contributed by atoms with Crippen molar-refractivity contribution in [2.75, 3.05) is 17.7 Å². The van der Waals surface area contributed by atoms with Crippen LogP contribution in [0.2, 0.25) is 0 Å². The number of methoxy groups -OCH3 is 1. The Morgan fingerprint density at radius 3 is 2.18 bits per heavy atom. The van der Waals surface area contributed by atoms with Crippen LogP contribution in [0.15, 0.2) is 54.6 Å². The maximum absolute atomic E-state index is 12.5. The molecule has 0 atom stereocenters. The Morgan fingerprint density at radius 2 is 1.54 bits per heavy atom. The van der Waals surface area contributed by atoms with Gasteiger partial charge in [0.25, 0.3) is 5.91 Å². The van der Waals surface area contributed by atoms with E-state index in [4.69, 9.17) is 0 Å². The minimum absolute atomic E-state index is 0.252. The lowest BCUT2D eigenvalue weighted by atomic mass is 10.2. The van der Waals surface area contributed by atoms with Gasteiger partial charge in [-0.3, -0.25) is 4.79 Å². The van der Waals surface area contributed by atoms with Crippen molar-refractivity contribution in [1.82, 2.24) is 9.97 Å². The van der Waals surface area contributed by atoms with Gasteiger partial charge in [-0.25, -0.2) is 14.8 Å². The molecule has 2 N–H and O–H groups in total. The third kappa shape index (κ3) is 4.70. The maximum atomic E-state index is 12.5. The number of ether oxygens (including phenoxy) is 1. The van der Waals surface area contributed by atoms with Crippen LogP contribution < -0.4 is 10.6 Å². The van der Waals surface area contributed by atoms with Gasteiger partial charge >= 0.3 is 5.97 Å². The third-order valence-electron chi connectivity index (χ3n) is 3.96. The molecule has 0 saturated carbocycles. The first-order chi connectivity index (χ1) is 13.4. The van der Waals surface area contributed by atoms with Crippen LogP contribution in [0, 0.1) is 13.8 Å². The molecule has 0 aliphatic carbocycles. The molecule has 0 aliphatic rings. The van der Waals surface area contributed by atoms with Gasteiger partial charge in [0.1, 0.15) is 5.69 Å². The van der Waals surface area contributed by atoms with Gasteiger partial charge in [-0.05, 0) is 56.3 Å². The standard InChI is InChI=1S/C21H20N4O3/c1-13-4-8-16(9-5-13)23-19(26)18-12-14(2)22-21(25-18)24-17-10-6-15(7-11-17)20(27)28-3/h4-12H,1-3H3,(H,23,26)(H,22,24,25). The zero-order chi connectivity index (χ0) is 20.1. The molecule has 142 valence electrons. The summed E-state index contributed by atoms with van der Waals surface area (Å²) >= 11 is 0. The normalized spacial score (nSPS) is 10.2. The van der Waals surface area contributed by atoms with E-state index >= 15 is 0 Å². The minimum Gasteiger partial charge on any atom is -0.465 e. The number of amides is 1. The molecule has 0 saturated heterocycles. The molecule has 1 aromatic heterocycles. The quantitative estimate of drug-likeness (QED) is 0.657. The first-order valence-electron chi connectivity index (χ1n) is 8.64. The van der Waals surface area contributed by atoms with E-state index in [1.54, 1.807) is 37.3 Å². The minimum atomic E-state index is -0.409. The average molecular weight is 376 g/mol. The van der Waals surface area contributed by atoms with Gasteiger partial charge in [-0.1, -0.05) is 17.7 Å². The van der Waals surface area contributed by atoms with Gasteiger partial charge in [0, 0.05) is 17.1 Å². The van der Waals surface area contributed by atoms with Gasteiger partial charge in [-0.2, -0.15) is 0 Å². The summed E-state index contributed by atoms with van der Waals surface area (Å²) in [6.07, 6.45) is 0. The zero-order valence-corrected chi connectivity index (χ0v) is 15.8. The van der Waals surface area contributed by atoms with Crippen LogP contribution in [0.4, 0.5) is 17.3 Å². The molecular formula is C21H20N4O3. The second-order valence-corrected chi connectivity index (χ2v) is 6.23. The monoisotopic (exact) mass is 376 g/mol. The molecule has 0 unspecified atom stereocenters. The number of hydrogen-bond acceptors (Lipinski definition) is 6. The molecule has 3 rings (SSSR count). The van der Waals surface area contributed by atoms with E-state index in [1.165, 1.54) is 7.11 Å². The third-order valence-corrected chi connectivity index (χ3v) is 3.96. The van der Waals surface area contributed by atoms with Gasteiger partial charge in [-0.15, -0.1) is 0 Å². The van der Waals surface area contributed by atoms with Crippen molar-refractivity contribution in [3.05, 3.63) is 77.1 Å². The highest BCUT2D eigenvalue weighted by molar-refractivity contribution is 6.03. The number of aryl methyl sites for hydroxylation is 2. The fourth-order valence-corrected chi connectivity index (χ4v) is 2.51. The molecule has 0 radical (unpaired) electrons. The average Bonchev–Trinajstić information content (AvgIpc) is 2.69. The summed E-state index contributed by atoms with van der Waals surface area (Å²) in [5.74, 6) is -0.438. The van der Waals surface area contributed by atoms with Crippen molar-refractivity contribution in [2.45, 2.75) is 13.8 Å². The van der Waals surface area contributed by atoms with Crippen LogP contribution in [0.3, 0.4) is 0 Å². The van der Waals surface area contributed by atoms with Crippen LogP contribution in [0.5, 0.6) is 0 Å². The Bertz CT molecular complexity index is 999. The SMILES string of the molecule is COC(=O)c1ccc(Nc2nc(C)cc(C(=O)Nc3ccc(C)cc3)n2)cc1. The number of hydrogen-bond donors (Lipinski definition) is 2. The van der Waals surface area contributed by atoms with Gasteiger partial charge in [0.05, 0.1) is 12.7 Å². The number of esters is 1. The fourth-order valence-electron chi connectivity index (χ4n) is 2.51. The van der Waals surface area contributed by atoms with Crippen molar-refractivity contribution in [3.63, 3.8) is 0 Å². The zero-order valence-electron chi connectivity index (χ0n) is 15.8. The maximum Gasteiger partial charge on any atom is 0.337 e. The van der Waals surface area contributed by atoms with Crippen LogP contribution in [-0.2, 0) is 4.74 Å². The van der Waals surface area contributed by atoms with E-state index in [0.29, 0.717) is 28.6 Å². The summed E-state index contributed by atoms with van der Waals surface area (Å²) in [6, 6.07) is 15.8. The lowest BCUT2D eigenvalue weighted by Gasteiger charge is -2.09. The van der Waals surface area contributed by atoms with Crippen molar-refractivity contribution in [1.29, 1.82) is 0 Å². The summed E-state index contributed by atoms with van der Waals surface area (Å²) in [5, 5.41) is 5.86. The van der Waals surface area contributed by atoms with E-state index < -0.39 is 5.97 Å². The second-order valence-electron chi connectivity index (χ2n) is 6.23. The summed E-state index contributed by atoms with van der Waals surface area (Å²) in [5.41, 5.74) is 3.83. The van der Waals surface area contributed by atoms with Crippen molar-refractivity contribution in [2.24, 2.45) is 0 Å². The van der Waals surface area contributed by atoms with Crippen molar-refractivity contribution in [3.8, 4) is 0 Å². The Kier molecular flexibility index (Phi) is 5.64. The molecular weight excluding hydrogens is 356 g/mol. The highest BCUT2D eigenvalue weighted by Crippen LogP contribution is 2.16. The Balaban J connectivity index is 1.76. The molecule has 0 fully saturated rings. The molecule has 1 amide bonds. The smallest absolute Gasteiger partial charge is 0.337 e. The highest BCUT2D eigenvalue weighted by Gasteiger charge is 2.12. The number of nitrogens with one attached hydrogen (secondary N) is 2. The van der Waals surface area contributed by atoms with Gasteiger partial charge < -0.3 is 15.4 Å². The van der Waals surface area contributed by atoms with E-state index in [2.05, 4.69) is 25.3 Å². The van der Waals surface area contributed by atoms with Crippen LogP contribution in [0.25, 0.3) is 0 Å². The topological polar surface area (TPSA) is 93.2 Å². The lowest BCUT2D eigenvalue weighted by molar-refractivity contribution is 0.0600. The first kappa shape index (κ1) is 19.0. The Hall–Kier alpha value is -3.74. The van der Waals surface area contributed by atoms with Crippen LogP contribution in [0.1, 0.15) is 32.1 Å². The summed E-state index contributed by atoms with van der Waals surface area (Å²) in [6.45, 7) is 3.77. The molecule has 0 bridgehead atoms. The molecule has 3 aromatic rings. The Morgan fingerprint density at radius 1 is 0.893 bits per heavy atom. The Labute approximate surface area is 162 Å². The number of anilines is 3. The number of rotatable bonds is 5. The molecule has 0 aliphatic heterocycles. The first-order valence-corrected chi connectivity index (χ1v) is 8.64. The molecule has 1 heterocycles. The molecule has 2 aromatic carbocycles. The number of benzene rings is 2. The number of aromatic nitrogens is 2. The van der Waals surface area contributed by atoms with E-state index in [-0.39, 0.29) is 11.6 Å². The van der Waals surface area contributed by atoms with Crippen LogP contribution >= 0.6 is 0 Å². The summed E-state index contributed by atoms with van der Waals surface area (Å²) in [4.78, 5) is 32.6. The van der Waals surface area contributed by atoms with Gasteiger partial charge in [0.2, 0.25) is 5.95 Å². The molecule has 28 heavy (non-hydrogen) atoms. The number of nitrogens with zero attached hydrogens (tertiary/aromatic N) is 2. The van der Waals surface area contributed by atoms with E-state index in [1.807, 2.05) is 31.2 Å². The molecule has 7 nitrogen and oxygen atoms in total. The predicted molar refractivity (Wildman–Crippen MR) is 107 cm³/mol. The summed E-state index contributed by atoms with van der Waals surface area (Å²) in [7, 11) is 1.33. The lowest BCUT2D eigenvalue weighted by Crippen LogP contribution is -2.15. The number of carbonyl (C=O) groups is 2. The van der Waals surface area contributed by atoms with E-state index in [9.17, 15) is 9.59 Å². The highest BCUT2D eigenvalue weighted by atomic mass is 16.5. The number of carbonyl (C=O) groups excluding carboxylic acids is 2. The molecule has 0 spiro atoms. The fraction of sp³-hybridized carbons (Fsp3) is 0.143. The van der Waals surface area contributed by atoms with Crippen molar-refractivity contribution < 1.29 is 14.3 Å². The van der Waals surface area contributed by atoms with Crippen molar-refractivity contribution >= 4 is 29.2 Å². The van der Waals surface area contributed by atoms with Crippen LogP contribution in [-0.4, -0.2) is 29.0 Å². The van der Waals surface area contributed by atoms with E-state index in [0.717, 1.165) is 5.56 Å². The summed E-state index contributed by atoms with van der Waals surface area (Å²) < 4.78 is 4.68. The predicted octanol–water partition coefficient (Wildman–Crippen LogP) is 3.88.